The number of Topliss-reactive ketones (excluding diaryl/α,β-unsaturated/α-hetero) is 1. The summed E-state index contributed by atoms with van der Waals surface area (Å²) in [7, 11) is 1.58. The van der Waals surface area contributed by atoms with E-state index in [4.69, 9.17) is 9.47 Å². The van der Waals surface area contributed by atoms with Crippen LogP contribution in [0, 0.1) is 0 Å². The largest absolute Gasteiger partial charge is 0.493 e. The number of carbonyl (C=O) groups excluding carboxylic acids is 1. The summed E-state index contributed by atoms with van der Waals surface area (Å²) in [6.45, 7) is 2.44. The molecule has 0 saturated carbocycles. The van der Waals surface area contributed by atoms with Gasteiger partial charge >= 0.3 is 0 Å². The van der Waals surface area contributed by atoms with Gasteiger partial charge in [-0.25, -0.2) is 0 Å². The molecule has 0 fully saturated rings. The second-order valence-electron chi connectivity index (χ2n) is 3.16. The standard InChI is InChI=1S/C12H15BrO3/c1-3-16-12-8-9(10(14)6-7-13)4-5-11(12)15-2/h4-5,8H,3,6-7H2,1-2H3. The van der Waals surface area contributed by atoms with Crippen molar-refractivity contribution >= 4 is 21.7 Å². The molecular formula is C12H15BrO3. The molecule has 0 aliphatic carbocycles. The molecule has 0 unspecified atom stereocenters. The van der Waals surface area contributed by atoms with Crippen LogP contribution in [0.1, 0.15) is 23.7 Å². The van der Waals surface area contributed by atoms with Gasteiger partial charge in [-0.1, -0.05) is 15.9 Å². The summed E-state index contributed by atoms with van der Waals surface area (Å²) < 4.78 is 10.6. The number of ether oxygens (including phenoxy) is 2. The quantitative estimate of drug-likeness (QED) is 0.596. The second-order valence-corrected chi connectivity index (χ2v) is 3.95. The Kier molecular flexibility index (Phi) is 5.32. The van der Waals surface area contributed by atoms with Crippen LogP contribution in [0.2, 0.25) is 0 Å². The van der Waals surface area contributed by atoms with Crippen LogP contribution in [0.25, 0.3) is 0 Å². The Bertz CT molecular complexity index is 363. The summed E-state index contributed by atoms with van der Waals surface area (Å²) in [5.41, 5.74) is 0.656. The van der Waals surface area contributed by atoms with Gasteiger partial charge in [-0.2, -0.15) is 0 Å². The molecule has 0 amide bonds. The van der Waals surface area contributed by atoms with Gasteiger partial charge in [0.2, 0.25) is 0 Å². The van der Waals surface area contributed by atoms with Gasteiger partial charge in [-0.15, -0.1) is 0 Å². The third-order valence-corrected chi connectivity index (χ3v) is 2.50. The molecule has 0 radical (unpaired) electrons. The molecule has 1 aromatic rings. The SMILES string of the molecule is CCOc1cc(C(=O)CCBr)ccc1OC. The Labute approximate surface area is 104 Å². The average molecular weight is 287 g/mol. The zero-order valence-electron chi connectivity index (χ0n) is 9.46. The molecule has 3 nitrogen and oxygen atoms in total. The van der Waals surface area contributed by atoms with E-state index in [0.29, 0.717) is 35.4 Å². The minimum atomic E-state index is 0.0977. The monoisotopic (exact) mass is 286 g/mol. The highest BCUT2D eigenvalue weighted by molar-refractivity contribution is 9.09. The van der Waals surface area contributed by atoms with Crippen LogP contribution >= 0.6 is 15.9 Å². The van der Waals surface area contributed by atoms with Crippen molar-refractivity contribution in [1.29, 1.82) is 0 Å². The number of carbonyl (C=O) groups is 1. The lowest BCUT2D eigenvalue weighted by Gasteiger charge is -2.10. The van der Waals surface area contributed by atoms with Gasteiger partial charge in [0.05, 0.1) is 13.7 Å². The summed E-state index contributed by atoms with van der Waals surface area (Å²) in [6, 6.07) is 5.24. The first-order valence-electron chi connectivity index (χ1n) is 5.13. The number of alkyl halides is 1. The van der Waals surface area contributed by atoms with Gasteiger partial charge in [-0.3, -0.25) is 4.79 Å². The molecule has 0 bridgehead atoms. The topological polar surface area (TPSA) is 35.5 Å². The minimum absolute atomic E-state index is 0.0977. The van der Waals surface area contributed by atoms with E-state index in [-0.39, 0.29) is 5.78 Å². The van der Waals surface area contributed by atoms with E-state index in [1.807, 2.05) is 6.92 Å². The van der Waals surface area contributed by atoms with Gasteiger partial charge in [0.25, 0.3) is 0 Å². The second kappa shape index (κ2) is 6.53. The van der Waals surface area contributed by atoms with Crippen LogP contribution in [-0.2, 0) is 0 Å². The lowest BCUT2D eigenvalue weighted by Crippen LogP contribution is -2.02. The summed E-state index contributed by atoms with van der Waals surface area (Å²) in [4.78, 5) is 11.7. The number of ketones is 1. The van der Waals surface area contributed by atoms with Crippen molar-refractivity contribution in [1.82, 2.24) is 0 Å². The Balaban J connectivity index is 2.96. The first kappa shape index (κ1) is 13.0. The molecule has 0 N–H and O–H groups in total. The lowest BCUT2D eigenvalue weighted by atomic mass is 10.1. The zero-order chi connectivity index (χ0) is 12.0. The fraction of sp³-hybridized carbons (Fsp3) is 0.417. The van der Waals surface area contributed by atoms with E-state index in [1.54, 1.807) is 25.3 Å². The number of methoxy groups -OCH3 is 1. The van der Waals surface area contributed by atoms with Crippen molar-refractivity contribution in [2.75, 3.05) is 19.0 Å². The summed E-state index contributed by atoms with van der Waals surface area (Å²) in [6.07, 6.45) is 0.484. The lowest BCUT2D eigenvalue weighted by molar-refractivity contribution is 0.0989. The smallest absolute Gasteiger partial charge is 0.163 e. The van der Waals surface area contributed by atoms with Crippen LogP contribution in [0.4, 0.5) is 0 Å². The first-order valence-corrected chi connectivity index (χ1v) is 6.25. The highest BCUT2D eigenvalue weighted by atomic mass is 79.9. The molecule has 1 aromatic carbocycles. The number of hydrogen-bond acceptors (Lipinski definition) is 3. The molecule has 88 valence electrons. The van der Waals surface area contributed by atoms with E-state index in [9.17, 15) is 4.79 Å². The van der Waals surface area contributed by atoms with Crippen LogP contribution < -0.4 is 9.47 Å². The van der Waals surface area contributed by atoms with E-state index in [2.05, 4.69) is 15.9 Å². The fourth-order valence-electron chi connectivity index (χ4n) is 1.35. The Hall–Kier alpha value is -1.03. The van der Waals surface area contributed by atoms with E-state index in [1.165, 1.54) is 0 Å². The molecule has 0 aliphatic heterocycles. The van der Waals surface area contributed by atoms with Crippen molar-refractivity contribution in [2.45, 2.75) is 13.3 Å². The predicted molar refractivity (Wildman–Crippen MR) is 66.9 cm³/mol. The maximum absolute atomic E-state index is 11.7. The fourth-order valence-corrected chi connectivity index (χ4v) is 1.71. The van der Waals surface area contributed by atoms with Gasteiger partial charge < -0.3 is 9.47 Å². The average Bonchev–Trinajstić information content (AvgIpc) is 2.29. The van der Waals surface area contributed by atoms with Gasteiger partial charge in [0.1, 0.15) is 0 Å². The number of rotatable bonds is 6. The summed E-state index contributed by atoms with van der Waals surface area (Å²) >= 11 is 3.25. The molecule has 0 aliphatic rings. The number of benzene rings is 1. The van der Waals surface area contributed by atoms with E-state index in [0.717, 1.165) is 0 Å². The molecule has 0 heterocycles. The summed E-state index contributed by atoms with van der Waals surface area (Å²) in [5, 5.41) is 0.668. The predicted octanol–water partition coefficient (Wildman–Crippen LogP) is 3.06. The van der Waals surface area contributed by atoms with Gasteiger partial charge in [-0.05, 0) is 25.1 Å². The Morgan fingerprint density at radius 3 is 2.69 bits per heavy atom. The van der Waals surface area contributed by atoms with E-state index < -0.39 is 0 Å². The maximum Gasteiger partial charge on any atom is 0.163 e. The number of hydrogen-bond donors (Lipinski definition) is 0. The van der Waals surface area contributed by atoms with Crippen LogP contribution in [0.15, 0.2) is 18.2 Å². The van der Waals surface area contributed by atoms with Crippen molar-refractivity contribution < 1.29 is 14.3 Å². The van der Waals surface area contributed by atoms with Crippen LogP contribution in [0.5, 0.6) is 11.5 Å². The highest BCUT2D eigenvalue weighted by Gasteiger charge is 2.10. The zero-order valence-corrected chi connectivity index (χ0v) is 11.0. The third-order valence-electron chi connectivity index (χ3n) is 2.11. The third kappa shape index (κ3) is 3.23. The Morgan fingerprint density at radius 1 is 1.38 bits per heavy atom. The van der Waals surface area contributed by atoms with Crippen molar-refractivity contribution in [3.05, 3.63) is 23.8 Å². The molecular weight excluding hydrogens is 272 g/mol. The van der Waals surface area contributed by atoms with Gasteiger partial charge in [0.15, 0.2) is 17.3 Å². The molecule has 4 heteroatoms. The van der Waals surface area contributed by atoms with Crippen LogP contribution in [-0.4, -0.2) is 24.8 Å². The minimum Gasteiger partial charge on any atom is -0.493 e. The molecule has 0 atom stereocenters. The van der Waals surface area contributed by atoms with Crippen molar-refractivity contribution in [2.24, 2.45) is 0 Å². The molecule has 0 spiro atoms. The normalized spacial score (nSPS) is 9.94. The van der Waals surface area contributed by atoms with Gasteiger partial charge in [0, 0.05) is 17.3 Å². The molecule has 0 saturated heterocycles. The van der Waals surface area contributed by atoms with Crippen LogP contribution in [0.3, 0.4) is 0 Å². The number of halogens is 1. The molecule has 0 aromatic heterocycles. The molecule has 1 rings (SSSR count). The maximum atomic E-state index is 11.7. The summed E-state index contributed by atoms with van der Waals surface area (Å²) in [5.74, 6) is 1.36. The Morgan fingerprint density at radius 2 is 2.12 bits per heavy atom. The molecule has 16 heavy (non-hydrogen) atoms. The van der Waals surface area contributed by atoms with Crippen molar-refractivity contribution in [3.63, 3.8) is 0 Å². The van der Waals surface area contributed by atoms with E-state index >= 15 is 0 Å². The highest BCUT2D eigenvalue weighted by Crippen LogP contribution is 2.28. The first-order chi connectivity index (χ1) is 7.72. The van der Waals surface area contributed by atoms with Crippen molar-refractivity contribution in [3.8, 4) is 11.5 Å².